The Balaban J connectivity index is 3.67. The third-order valence-corrected chi connectivity index (χ3v) is 2.34. The largest absolute Gasteiger partial charge is 0.478 e. The Bertz CT molecular complexity index is 196. The predicted octanol–water partition coefficient (Wildman–Crippen LogP) is 1.38. The summed E-state index contributed by atoms with van der Waals surface area (Å²) < 4.78 is 11.0. The fourth-order valence-electron chi connectivity index (χ4n) is 0.554. The first-order chi connectivity index (χ1) is 5.52. The molecule has 1 N–H and O–H groups in total. The monoisotopic (exact) mass is 190 g/mol. The van der Waals surface area contributed by atoms with Gasteiger partial charge in [0.25, 0.3) is 0 Å². The topological polar surface area (TPSA) is 54.4 Å². The highest BCUT2D eigenvalue weighted by molar-refractivity contribution is 7.87. The summed E-state index contributed by atoms with van der Waals surface area (Å²) in [4.78, 5) is 10.0. The SMILES string of the molecule is CC(C)CCS(=O)/C=C/C(=O)O. The van der Waals surface area contributed by atoms with Gasteiger partial charge in [0.1, 0.15) is 0 Å². The van der Waals surface area contributed by atoms with Crippen LogP contribution in [0.2, 0.25) is 0 Å². The lowest BCUT2D eigenvalue weighted by Gasteiger charge is -2.00. The van der Waals surface area contributed by atoms with Crippen molar-refractivity contribution in [1.82, 2.24) is 0 Å². The highest BCUT2D eigenvalue weighted by Crippen LogP contribution is 2.01. The standard InChI is InChI=1S/C8H14O3S/c1-7(2)3-5-12(11)6-4-8(9)10/h4,6-7H,3,5H2,1-2H3,(H,9,10)/b6-4+. The number of carbonyl (C=O) groups is 1. The summed E-state index contributed by atoms with van der Waals surface area (Å²) in [5.74, 6) is 0.00150. The summed E-state index contributed by atoms with van der Waals surface area (Å²) in [6.45, 7) is 4.08. The predicted molar refractivity (Wildman–Crippen MR) is 49.2 cm³/mol. The Hall–Kier alpha value is -0.640. The molecule has 0 radical (unpaired) electrons. The lowest BCUT2D eigenvalue weighted by atomic mass is 10.2. The van der Waals surface area contributed by atoms with Gasteiger partial charge in [0.15, 0.2) is 0 Å². The lowest BCUT2D eigenvalue weighted by molar-refractivity contribution is -0.131. The van der Waals surface area contributed by atoms with Gasteiger partial charge in [-0.05, 0) is 12.3 Å². The number of carboxylic acid groups (broad SMARTS) is 1. The van der Waals surface area contributed by atoms with Crippen molar-refractivity contribution < 1.29 is 14.1 Å². The smallest absolute Gasteiger partial charge is 0.328 e. The van der Waals surface area contributed by atoms with Crippen LogP contribution in [0, 0.1) is 5.92 Å². The summed E-state index contributed by atoms with van der Waals surface area (Å²) in [6.07, 6.45) is 1.78. The van der Waals surface area contributed by atoms with Crippen LogP contribution in [0.3, 0.4) is 0 Å². The van der Waals surface area contributed by atoms with Crippen molar-refractivity contribution in [2.45, 2.75) is 20.3 Å². The minimum absolute atomic E-state index is 0.507. The number of rotatable bonds is 5. The molecule has 0 rings (SSSR count). The average molecular weight is 190 g/mol. The molecule has 4 heteroatoms. The molecule has 70 valence electrons. The van der Waals surface area contributed by atoms with Crippen molar-refractivity contribution >= 4 is 16.8 Å². The van der Waals surface area contributed by atoms with E-state index in [9.17, 15) is 9.00 Å². The van der Waals surface area contributed by atoms with E-state index >= 15 is 0 Å². The van der Waals surface area contributed by atoms with Crippen LogP contribution in [0.15, 0.2) is 11.5 Å². The van der Waals surface area contributed by atoms with Crippen LogP contribution in [-0.2, 0) is 15.6 Å². The molecule has 0 aromatic heterocycles. The zero-order valence-electron chi connectivity index (χ0n) is 7.32. The summed E-state index contributed by atoms with van der Waals surface area (Å²) in [5.41, 5.74) is 0. The number of aliphatic carboxylic acids is 1. The van der Waals surface area contributed by atoms with E-state index in [4.69, 9.17) is 5.11 Å². The number of carboxylic acids is 1. The van der Waals surface area contributed by atoms with Crippen molar-refractivity contribution in [2.24, 2.45) is 5.92 Å². The van der Waals surface area contributed by atoms with E-state index in [0.717, 1.165) is 12.5 Å². The zero-order chi connectivity index (χ0) is 9.56. The molecule has 0 aliphatic carbocycles. The average Bonchev–Trinajstić information content (AvgIpc) is 1.96. The van der Waals surface area contributed by atoms with Crippen molar-refractivity contribution in [1.29, 1.82) is 0 Å². The van der Waals surface area contributed by atoms with Gasteiger partial charge in [0.05, 0.1) is 0 Å². The maximum atomic E-state index is 11.0. The molecular formula is C8H14O3S. The van der Waals surface area contributed by atoms with Gasteiger partial charge in [-0.15, -0.1) is 0 Å². The Morgan fingerprint density at radius 2 is 2.17 bits per heavy atom. The van der Waals surface area contributed by atoms with E-state index in [1.165, 1.54) is 5.41 Å². The second-order valence-corrected chi connectivity index (χ2v) is 4.35. The highest BCUT2D eigenvalue weighted by Gasteiger charge is 1.98. The number of hydrogen-bond acceptors (Lipinski definition) is 2. The minimum atomic E-state index is -1.12. The molecule has 0 aromatic rings. The van der Waals surface area contributed by atoms with Gasteiger partial charge in [-0.3, -0.25) is 4.21 Å². The molecule has 0 aliphatic heterocycles. The third-order valence-electron chi connectivity index (χ3n) is 1.26. The molecular weight excluding hydrogens is 176 g/mol. The zero-order valence-corrected chi connectivity index (χ0v) is 8.13. The van der Waals surface area contributed by atoms with Crippen LogP contribution in [0.5, 0.6) is 0 Å². The molecule has 3 nitrogen and oxygen atoms in total. The second kappa shape index (κ2) is 5.94. The Morgan fingerprint density at radius 1 is 1.58 bits per heavy atom. The maximum absolute atomic E-state index is 11.0. The Morgan fingerprint density at radius 3 is 2.58 bits per heavy atom. The first-order valence-corrected chi connectivity index (χ1v) is 5.19. The molecule has 0 amide bonds. The van der Waals surface area contributed by atoms with Crippen molar-refractivity contribution in [2.75, 3.05) is 5.75 Å². The second-order valence-electron chi connectivity index (χ2n) is 2.91. The van der Waals surface area contributed by atoms with Gasteiger partial charge in [-0.25, -0.2) is 4.79 Å². The van der Waals surface area contributed by atoms with E-state index in [2.05, 4.69) is 0 Å². The van der Waals surface area contributed by atoms with Gasteiger partial charge in [-0.1, -0.05) is 13.8 Å². The molecule has 0 aromatic carbocycles. The van der Waals surface area contributed by atoms with Crippen LogP contribution in [-0.4, -0.2) is 21.0 Å². The van der Waals surface area contributed by atoms with Gasteiger partial charge in [0, 0.05) is 28.0 Å². The van der Waals surface area contributed by atoms with Crippen LogP contribution in [0.25, 0.3) is 0 Å². The minimum Gasteiger partial charge on any atom is -0.478 e. The summed E-state index contributed by atoms with van der Waals surface area (Å²) in [6, 6.07) is 0. The molecule has 0 heterocycles. The normalized spacial score (nSPS) is 13.9. The van der Waals surface area contributed by atoms with Crippen molar-refractivity contribution in [3.8, 4) is 0 Å². The molecule has 0 fully saturated rings. The molecule has 0 spiro atoms. The summed E-state index contributed by atoms with van der Waals surface area (Å²) >= 11 is 0. The van der Waals surface area contributed by atoms with Crippen LogP contribution >= 0.6 is 0 Å². The molecule has 12 heavy (non-hydrogen) atoms. The molecule has 0 saturated carbocycles. The third kappa shape index (κ3) is 7.47. The van der Waals surface area contributed by atoms with Crippen molar-refractivity contribution in [3.05, 3.63) is 11.5 Å². The van der Waals surface area contributed by atoms with E-state index < -0.39 is 16.8 Å². The van der Waals surface area contributed by atoms with E-state index in [0.29, 0.717) is 11.7 Å². The lowest BCUT2D eigenvalue weighted by Crippen LogP contribution is -1.99. The fraction of sp³-hybridized carbons (Fsp3) is 0.625. The molecule has 0 saturated heterocycles. The van der Waals surface area contributed by atoms with Crippen molar-refractivity contribution in [3.63, 3.8) is 0 Å². The van der Waals surface area contributed by atoms with Crippen LogP contribution < -0.4 is 0 Å². The van der Waals surface area contributed by atoms with E-state index in [1.54, 1.807) is 0 Å². The van der Waals surface area contributed by atoms with Gasteiger partial charge in [-0.2, -0.15) is 0 Å². The van der Waals surface area contributed by atoms with Gasteiger partial charge < -0.3 is 5.11 Å². The van der Waals surface area contributed by atoms with Gasteiger partial charge >= 0.3 is 5.97 Å². The van der Waals surface area contributed by atoms with E-state index in [1.807, 2.05) is 13.8 Å². The molecule has 1 atom stereocenters. The Kier molecular flexibility index (Phi) is 5.62. The summed E-state index contributed by atoms with van der Waals surface area (Å²) in [7, 11) is -1.12. The molecule has 0 bridgehead atoms. The Labute approximate surface area is 74.9 Å². The van der Waals surface area contributed by atoms with E-state index in [-0.39, 0.29) is 0 Å². The first-order valence-electron chi connectivity index (χ1n) is 3.80. The number of hydrogen-bond donors (Lipinski definition) is 1. The fourth-order valence-corrected chi connectivity index (χ4v) is 1.66. The molecule has 1 unspecified atom stereocenters. The molecule has 0 aliphatic rings. The highest BCUT2D eigenvalue weighted by atomic mass is 32.2. The summed E-state index contributed by atoms with van der Waals surface area (Å²) in [5, 5.41) is 9.45. The van der Waals surface area contributed by atoms with Gasteiger partial charge in [0.2, 0.25) is 0 Å². The first kappa shape index (κ1) is 11.4. The maximum Gasteiger partial charge on any atom is 0.328 e. The van der Waals surface area contributed by atoms with Crippen LogP contribution in [0.1, 0.15) is 20.3 Å². The quantitative estimate of drug-likeness (QED) is 0.666. The van der Waals surface area contributed by atoms with Crippen LogP contribution in [0.4, 0.5) is 0 Å².